The second-order valence-corrected chi connectivity index (χ2v) is 5.17. The molecule has 0 atom stereocenters. The third-order valence-corrected chi connectivity index (χ3v) is 3.57. The summed E-state index contributed by atoms with van der Waals surface area (Å²) in [6, 6.07) is 0. The molecule has 1 aromatic rings. The van der Waals surface area contributed by atoms with Crippen molar-refractivity contribution < 1.29 is 4.74 Å². The van der Waals surface area contributed by atoms with Gasteiger partial charge in [-0.25, -0.2) is 0 Å². The van der Waals surface area contributed by atoms with Crippen LogP contribution in [0.3, 0.4) is 0 Å². The molecule has 100 valence electrons. The second-order valence-electron chi connectivity index (χ2n) is 4.73. The van der Waals surface area contributed by atoms with Crippen LogP contribution in [-0.2, 0) is 11.8 Å². The van der Waals surface area contributed by atoms with Gasteiger partial charge in [-0.15, -0.1) is 0 Å². The summed E-state index contributed by atoms with van der Waals surface area (Å²) in [4.78, 5) is 0.398. The number of nitrogens with zero attached hydrogens (tertiary/aromatic N) is 2. The van der Waals surface area contributed by atoms with Crippen molar-refractivity contribution in [1.29, 1.82) is 0 Å². The molecule has 0 radical (unpaired) electrons. The number of thiocarbonyl (C=S) groups is 1. The van der Waals surface area contributed by atoms with Gasteiger partial charge in [0.25, 0.3) is 0 Å². The predicted octanol–water partition coefficient (Wildman–Crippen LogP) is 1.20. The van der Waals surface area contributed by atoms with E-state index in [1.807, 2.05) is 18.7 Å². The molecule has 0 bridgehead atoms. The zero-order chi connectivity index (χ0) is 13.1. The van der Waals surface area contributed by atoms with Gasteiger partial charge in [0.05, 0.1) is 11.3 Å². The number of anilines is 1. The highest BCUT2D eigenvalue weighted by Crippen LogP contribution is 2.21. The molecule has 3 N–H and O–H groups in total. The van der Waals surface area contributed by atoms with Gasteiger partial charge >= 0.3 is 0 Å². The van der Waals surface area contributed by atoms with E-state index >= 15 is 0 Å². The first-order valence-electron chi connectivity index (χ1n) is 6.24. The number of hydrogen-bond donors (Lipinski definition) is 2. The summed E-state index contributed by atoms with van der Waals surface area (Å²) in [7, 11) is 1.90. The van der Waals surface area contributed by atoms with E-state index in [1.165, 1.54) is 0 Å². The standard InChI is InChI=1S/C12H20N4OS/c1-8-10(11(13)18)12(16(2)15-8)14-7-9-3-5-17-6-4-9/h9,14H,3-7H2,1-2H3,(H2,13,18). The Hall–Kier alpha value is -1.14. The molecule has 5 nitrogen and oxygen atoms in total. The number of ether oxygens (including phenoxy) is 1. The normalized spacial score (nSPS) is 16.8. The second kappa shape index (κ2) is 5.67. The third kappa shape index (κ3) is 2.81. The summed E-state index contributed by atoms with van der Waals surface area (Å²) in [5, 5.41) is 7.79. The molecule has 1 saturated heterocycles. The fraction of sp³-hybridized carbons (Fsp3) is 0.667. The first kappa shape index (κ1) is 13.3. The molecule has 0 aliphatic carbocycles. The van der Waals surface area contributed by atoms with Crippen molar-refractivity contribution in [2.45, 2.75) is 19.8 Å². The highest BCUT2D eigenvalue weighted by Gasteiger charge is 2.18. The minimum atomic E-state index is 0.398. The van der Waals surface area contributed by atoms with E-state index in [-0.39, 0.29) is 0 Å². The zero-order valence-corrected chi connectivity index (χ0v) is 11.7. The van der Waals surface area contributed by atoms with Gasteiger partial charge < -0.3 is 15.8 Å². The van der Waals surface area contributed by atoms with Gasteiger partial charge in [-0.3, -0.25) is 4.68 Å². The fourth-order valence-electron chi connectivity index (χ4n) is 2.35. The van der Waals surface area contributed by atoms with Crippen LogP contribution in [0.4, 0.5) is 5.82 Å². The van der Waals surface area contributed by atoms with Crippen LogP contribution in [0.25, 0.3) is 0 Å². The van der Waals surface area contributed by atoms with Crippen molar-refractivity contribution in [2.75, 3.05) is 25.1 Å². The first-order chi connectivity index (χ1) is 8.59. The van der Waals surface area contributed by atoms with E-state index in [9.17, 15) is 0 Å². The highest BCUT2D eigenvalue weighted by atomic mass is 32.1. The van der Waals surface area contributed by atoms with Crippen LogP contribution < -0.4 is 11.1 Å². The fourth-order valence-corrected chi connectivity index (χ4v) is 2.59. The van der Waals surface area contributed by atoms with Crippen LogP contribution in [0, 0.1) is 12.8 Å². The summed E-state index contributed by atoms with van der Waals surface area (Å²) >= 11 is 5.09. The summed E-state index contributed by atoms with van der Waals surface area (Å²) in [5.74, 6) is 1.57. The zero-order valence-electron chi connectivity index (χ0n) is 10.9. The lowest BCUT2D eigenvalue weighted by Gasteiger charge is -2.22. The predicted molar refractivity (Wildman–Crippen MR) is 75.9 cm³/mol. The Balaban J connectivity index is 2.06. The smallest absolute Gasteiger partial charge is 0.134 e. The minimum Gasteiger partial charge on any atom is -0.389 e. The van der Waals surface area contributed by atoms with Gasteiger partial charge in [-0.2, -0.15) is 5.10 Å². The summed E-state index contributed by atoms with van der Waals surface area (Å²) in [6.45, 7) is 4.56. The molecular weight excluding hydrogens is 248 g/mol. The molecule has 0 amide bonds. The van der Waals surface area contributed by atoms with Crippen molar-refractivity contribution in [1.82, 2.24) is 9.78 Å². The molecule has 2 heterocycles. The Morgan fingerprint density at radius 3 is 2.83 bits per heavy atom. The third-order valence-electron chi connectivity index (χ3n) is 3.37. The lowest BCUT2D eigenvalue weighted by molar-refractivity contribution is 0.0699. The van der Waals surface area contributed by atoms with E-state index in [0.717, 1.165) is 49.7 Å². The van der Waals surface area contributed by atoms with Crippen LogP contribution in [0.2, 0.25) is 0 Å². The average molecular weight is 268 g/mol. The van der Waals surface area contributed by atoms with Crippen LogP contribution in [0.5, 0.6) is 0 Å². The number of nitrogens with one attached hydrogen (secondary N) is 1. The summed E-state index contributed by atoms with van der Waals surface area (Å²) < 4.78 is 7.16. The van der Waals surface area contributed by atoms with Crippen molar-refractivity contribution in [3.05, 3.63) is 11.3 Å². The number of hydrogen-bond acceptors (Lipinski definition) is 4. The van der Waals surface area contributed by atoms with Crippen molar-refractivity contribution in [3.8, 4) is 0 Å². The number of aryl methyl sites for hydroxylation is 2. The number of rotatable bonds is 4. The molecule has 6 heteroatoms. The van der Waals surface area contributed by atoms with Gasteiger partial charge in [0.15, 0.2) is 0 Å². The van der Waals surface area contributed by atoms with Crippen molar-refractivity contribution in [2.24, 2.45) is 18.7 Å². The van der Waals surface area contributed by atoms with E-state index in [4.69, 9.17) is 22.7 Å². The maximum Gasteiger partial charge on any atom is 0.134 e. The highest BCUT2D eigenvalue weighted by molar-refractivity contribution is 7.80. The molecular formula is C12H20N4OS. The molecule has 0 spiro atoms. The largest absolute Gasteiger partial charge is 0.389 e. The van der Waals surface area contributed by atoms with E-state index in [0.29, 0.717) is 10.9 Å². The molecule has 1 aliphatic rings. The molecule has 1 aliphatic heterocycles. The number of nitrogens with two attached hydrogens (primary N) is 1. The average Bonchev–Trinajstić information content (AvgIpc) is 2.62. The Morgan fingerprint density at radius 1 is 1.56 bits per heavy atom. The van der Waals surface area contributed by atoms with E-state index in [2.05, 4.69) is 10.4 Å². The Labute approximate surface area is 113 Å². The topological polar surface area (TPSA) is 65.1 Å². The molecule has 1 fully saturated rings. The quantitative estimate of drug-likeness (QED) is 0.803. The molecule has 18 heavy (non-hydrogen) atoms. The molecule has 0 aromatic carbocycles. The summed E-state index contributed by atoms with van der Waals surface area (Å²) in [6.07, 6.45) is 2.21. The molecule has 1 aromatic heterocycles. The summed E-state index contributed by atoms with van der Waals surface area (Å²) in [5.41, 5.74) is 7.49. The van der Waals surface area contributed by atoms with Crippen LogP contribution >= 0.6 is 12.2 Å². The van der Waals surface area contributed by atoms with E-state index < -0.39 is 0 Å². The maximum atomic E-state index is 5.76. The number of aromatic nitrogens is 2. The monoisotopic (exact) mass is 268 g/mol. The molecule has 2 rings (SSSR count). The van der Waals surface area contributed by atoms with Gasteiger partial charge in [0.2, 0.25) is 0 Å². The van der Waals surface area contributed by atoms with Crippen molar-refractivity contribution in [3.63, 3.8) is 0 Å². The van der Waals surface area contributed by atoms with Crippen LogP contribution in [0.1, 0.15) is 24.1 Å². The SMILES string of the molecule is Cc1nn(C)c(NCC2CCOCC2)c1C(N)=S. The Kier molecular flexibility index (Phi) is 4.19. The lowest BCUT2D eigenvalue weighted by Crippen LogP contribution is -2.24. The van der Waals surface area contributed by atoms with Crippen LogP contribution in [0.15, 0.2) is 0 Å². The Morgan fingerprint density at radius 2 is 2.22 bits per heavy atom. The van der Waals surface area contributed by atoms with Gasteiger partial charge in [0.1, 0.15) is 10.8 Å². The first-order valence-corrected chi connectivity index (χ1v) is 6.65. The Bertz CT molecular complexity index is 438. The maximum absolute atomic E-state index is 5.76. The minimum absolute atomic E-state index is 0.398. The van der Waals surface area contributed by atoms with Gasteiger partial charge in [0, 0.05) is 26.8 Å². The molecule has 0 unspecified atom stereocenters. The molecule has 0 saturated carbocycles. The van der Waals surface area contributed by atoms with Gasteiger partial charge in [-0.1, -0.05) is 12.2 Å². The lowest BCUT2D eigenvalue weighted by atomic mass is 10.0. The van der Waals surface area contributed by atoms with Gasteiger partial charge in [-0.05, 0) is 25.7 Å². The van der Waals surface area contributed by atoms with Crippen molar-refractivity contribution >= 4 is 23.0 Å². The van der Waals surface area contributed by atoms with Crippen LogP contribution in [-0.4, -0.2) is 34.5 Å². The van der Waals surface area contributed by atoms with E-state index in [1.54, 1.807) is 0 Å².